The summed E-state index contributed by atoms with van der Waals surface area (Å²) < 4.78 is 0. The number of benzene rings is 1. The molecule has 1 atom stereocenters. The molecule has 2 rings (SSSR count). The lowest BCUT2D eigenvalue weighted by molar-refractivity contribution is -0.121. The zero-order valence-corrected chi connectivity index (χ0v) is 11.5. The molecule has 2 N–H and O–H groups in total. The van der Waals surface area contributed by atoms with E-state index in [1.54, 1.807) is 12.5 Å². The first-order chi connectivity index (χ1) is 9.08. The smallest absolute Gasteiger partial charge is 0.226 e. The predicted octanol–water partition coefficient (Wildman–Crippen LogP) is 2.45. The fraction of sp³-hybridized carbons (Fsp3) is 0.333. The van der Waals surface area contributed by atoms with E-state index in [1.807, 2.05) is 13.0 Å². The summed E-state index contributed by atoms with van der Waals surface area (Å²) in [5.74, 6) is -0.00217. The second-order valence-corrected chi connectivity index (χ2v) is 4.83. The average molecular weight is 257 g/mol. The Labute approximate surface area is 113 Å². The summed E-state index contributed by atoms with van der Waals surface area (Å²) in [4.78, 5) is 18.8. The van der Waals surface area contributed by atoms with Gasteiger partial charge in [-0.25, -0.2) is 4.98 Å². The minimum absolute atomic E-state index is 0.00217. The zero-order chi connectivity index (χ0) is 13.8. The Kier molecular flexibility index (Phi) is 4.00. The highest BCUT2D eigenvalue weighted by Crippen LogP contribution is 2.20. The monoisotopic (exact) mass is 257 g/mol. The Bertz CT molecular complexity index is 561. The van der Waals surface area contributed by atoms with Gasteiger partial charge >= 0.3 is 0 Å². The van der Waals surface area contributed by atoms with Gasteiger partial charge in [-0.2, -0.15) is 0 Å². The highest BCUT2D eigenvalue weighted by Gasteiger charge is 2.13. The van der Waals surface area contributed by atoms with E-state index in [9.17, 15) is 4.79 Å². The summed E-state index contributed by atoms with van der Waals surface area (Å²) in [5.41, 5.74) is 4.47. The van der Waals surface area contributed by atoms with Crippen molar-refractivity contribution >= 4 is 5.91 Å². The van der Waals surface area contributed by atoms with E-state index in [0.29, 0.717) is 6.42 Å². The van der Waals surface area contributed by atoms with Gasteiger partial charge in [0, 0.05) is 11.9 Å². The molecule has 0 fully saturated rings. The van der Waals surface area contributed by atoms with Gasteiger partial charge in [-0.05, 0) is 37.5 Å². The van der Waals surface area contributed by atoms with Crippen molar-refractivity contribution in [3.05, 3.63) is 53.1 Å². The number of imidazole rings is 1. The number of hydrogen-bond donors (Lipinski definition) is 2. The Morgan fingerprint density at radius 3 is 2.89 bits per heavy atom. The van der Waals surface area contributed by atoms with Gasteiger partial charge in [0.15, 0.2) is 0 Å². The highest BCUT2D eigenvalue weighted by atomic mass is 16.1. The van der Waals surface area contributed by atoms with Crippen molar-refractivity contribution in [2.24, 2.45) is 0 Å². The second kappa shape index (κ2) is 5.69. The third-order valence-electron chi connectivity index (χ3n) is 3.40. The van der Waals surface area contributed by atoms with E-state index in [0.717, 1.165) is 11.3 Å². The molecule has 0 radical (unpaired) electrons. The van der Waals surface area contributed by atoms with Crippen molar-refractivity contribution < 1.29 is 4.79 Å². The van der Waals surface area contributed by atoms with Crippen LogP contribution < -0.4 is 5.32 Å². The predicted molar refractivity (Wildman–Crippen MR) is 74.8 cm³/mol. The molecule has 0 aliphatic heterocycles. The van der Waals surface area contributed by atoms with E-state index in [4.69, 9.17) is 0 Å². The summed E-state index contributed by atoms with van der Waals surface area (Å²) in [6.07, 6.45) is 3.58. The molecule has 1 aromatic heterocycles. The van der Waals surface area contributed by atoms with Crippen LogP contribution in [0.25, 0.3) is 0 Å². The average Bonchev–Trinajstić information content (AvgIpc) is 2.85. The third kappa shape index (κ3) is 3.22. The molecule has 4 heteroatoms. The summed E-state index contributed by atoms with van der Waals surface area (Å²) in [5, 5.41) is 3.02. The van der Waals surface area contributed by atoms with Crippen LogP contribution in [0, 0.1) is 13.8 Å². The van der Waals surface area contributed by atoms with E-state index >= 15 is 0 Å². The van der Waals surface area contributed by atoms with Gasteiger partial charge in [-0.15, -0.1) is 0 Å². The summed E-state index contributed by atoms with van der Waals surface area (Å²) in [6, 6.07) is 6.17. The molecule has 1 amide bonds. The van der Waals surface area contributed by atoms with Crippen molar-refractivity contribution in [2.45, 2.75) is 33.2 Å². The quantitative estimate of drug-likeness (QED) is 0.884. The molecule has 1 aromatic carbocycles. The Balaban J connectivity index is 2.02. The lowest BCUT2D eigenvalue weighted by Crippen LogP contribution is -2.28. The van der Waals surface area contributed by atoms with Crippen LogP contribution >= 0.6 is 0 Å². The van der Waals surface area contributed by atoms with Crippen LogP contribution in [0.4, 0.5) is 0 Å². The van der Waals surface area contributed by atoms with Gasteiger partial charge in [0.25, 0.3) is 0 Å². The van der Waals surface area contributed by atoms with Crippen LogP contribution in [0.1, 0.15) is 35.3 Å². The molecular formula is C15H19N3O. The molecule has 0 aliphatic rings. The molecule has 19 heavy (non-hydrogen) atoms. The van der Waals surface area contributed by atoms with Gasteiger partial charge in [0.05, 0.1) is 18.8 Å². The van der Waals surface area contributed by atoms with Gasteiger partial charge in [0.1, 0.15) is 0 Å². The lowest BCUT2D eigenvalue weighted by atomic mass is 9.98. The maximum atomic E-state index is 11.9. The van der Waals surface area contributed by atoms with E-state index in [-0.39, 0.29) is 11.9 Å². The summed E-state index contributed by atoms with van der Waals surface area (Å²) in [7, 11) is 0. The third-order valence-corrected chi connectivity index (χ3v) is 3.40. The standard InChI is InChI=1S/C15H19N3O/c1-10-5-4-6-14(11(10)2)12(3)18-15(19)7-13-8-16-9-17-13/h4-6,8-9,12H,7H2,1-3H3,(H,16,17)(H,18,19)/t12-/m1/s1. The molecule has 0 saturated heterocycles. The number of nitrogens with zero attached hydrogens (tertiary/aromatic N) is 1. The minimum Gasteiger partial charge on any atom is -0.349 e. The normalized spacial score (nSPS) is 12.2. The number of aromatic nitrogens is 2. The molecule has 0 spiro atoms. The summed E-state index contributed by atoms with van der Waals surface area (Å²) in [6.45, 7) is 6.17. The molecule has 0 aliphatic carbocycles. The fourth-order valence-electron chi connectivity index (χ4n) is 2.17. The van der Waals surface area contributed by atoms with Gasteiger partial charge in [-0.1, -0.05) is 18.2 Å². The van der Waals surface area contributed by atoms with E-state index in [1.165, 1.54) is 11.1 Å². The molecule has 2 aromatic rings. The van der Waals surface area contributed by atoms with Gasteiger partial charge in [-0.3, -0.25) is 4.79 Å². The van der Waals surface area contributed by atoms with Crippen LogP contribution in [-0.2, 0) is 11.2 Å². The number of aryl methyl sites for hydroxylation is 1. The first-order valence-electron chi connectivity index (χ1n) is 6.40. The Morgan fingerprint density at radius 2 is 2.21 bits per heavy atom. The van der Waals surface area contributed by atoms with Crippen LogP contribution in [-0.4, -0.2) is 15.9 Å². The van der Waals surface area contributed by atoms with Crippen molar-refractivity contribution in [3.8, 4) is 0 Å². The lowest BCUT2D eigenvalue weighted by Gasteiger charge is -2.17. The van der Waals surface area contributed by atoms with Crippen molar-refractivity contribution in [2.75, 3.05) is 0 Å². The van der Waals surface area contributed by atoms with Crippen molar-refractivity contribution in [1.82, 2.24) is 15.3 Å². The Hall–Kier alpha value is -2.10. The zero-order valence-electron chi connectivity index (χ0n) is 11.5. The SMILES string of the molecule is Cc1cccc([C@@H](C)NC(=O)Cc2cnc[nH]2)c1C. The van der Waals surface area contributed by atoms with Crippen LogP contribution in [0.15, 0.2) is 30.7 Å². The largest absolute Gasteiger partial charge is 0.349 e. The van der Waals surface area contributed by atoms with E-state index in [2.05, 4.69) is 41.3 Å². The van der Waals surface area contributed by atoms with Gasteiger partial charge in [0.2, 0.25) is 5.91 Å². The second-order valence-electron chi connectivity index (χ2n) is 4.83. The topological polar surface area (TPSA) is 57.8 Å². The van der Waals surface area contributed by atoms with Gasteiger partial charge < -0.3 is 10.3 Å². The number of H-pyrrole nitrogens is 1. The first kappa shape index (κ1) is 13.3. The summed E-state index contributed by atoms with van der Waals surface area (Å²) >= 11 is 0. The molecular weight excluding hydrogens is 238 g/mol. The first-order valence-corrected chi connectivity index (χ1v) is 6.40. The molecule has 0 unspecified atom stereocenters. The van der Waals surface area contributed by atoms with Crippen LogP contribution in [0.5, 0.6) is 0 Å². The number of rotatable bonds is 4. The number of carbonyl (C=O) groups excluding carboxylic acids is 1. The van der Waals surface area contributed by atoms with Crippen LogP contribution in [0.3, 0.4) is 0 Å². The number of amides is 1. The molecule has 4 nitrogen and oxygen atoms in total. The maximum absolute atomic E-state index is 11.9. The molecule has 1 heterocycles. The number of carbonyl (C=O) groups is 1. The molecule has 100 valence electrons. The fourth-order valence-corrected chi connectivity index (χ4v) is 2.17. The van der Waals surface area contributed by atoms with E-state index < -0.39 is 0 Å². The Morgan fingerprint density at radius 1 is 1.42 bits per heavy atom. The number of hydrogen-bond acceptors (Lipinski definition) is 2. The number of aromatic amines is 1. The molecule has 0 saturated carbocycles. The van der Waals surface area contributed by atoms with Crippen LogP contribution in [0.2, 0.25) is 0 Å². The number of nitrogens with one attached hydrogen (secondary N) is 2. The molecule has 0 bridgehead atoms. The minimum atomic E-state index is -0.00217. The van der Waals surface area contributed by atoms with Crippen molar-refractivity contribution in [1.29, 1.82) is 0 Å². The maximum Gasteiger partial charge on any atom is 0.226 e. The van der Waals surface area contributed by atoms with Crippen molar-refractivity contribution in [3.63, 3.8) is 0 Å². The highest BCUT2D eigenvalue weighted by molar-refractivity contribution is 5.78.